The predicted molar refractivity (Wildman–Crippen MR) is 93.9 cm³/mol. The van der Waals surface area contributed by atoms with Crippen molar-refractivity contribution in [2.24, 2.45) is 0 Å². The molecule has 4 rings (SSSR count). The van der Waals surface area contributed by atoms with E-state index >= 15 is 0 Å². The number of hydrogen-bond acceptors (Lipinski definition) is 8. The van der Waals surface area contributed by atoms with Gasteiger partial charge < -0.3 is 10.0 Å². The standard InChI is InChI=1S/C15H15N5O5S2/c1-15(12(13(22)23)19-10(21)7-11(19)27(15,24)25)8-26-14-16-17-18-20(14)9-5-3-2-4-6-9/h2-6,11-12H,7-8H2,1H3,(H,22,23)/t11-,12-,15-/m0/s1. The van der Waals surface area contributed by atoms with Crippen LogP contribution >= 0.6 is 11.8 Å². The van der Waals surface area contributed by atoms with Crippen LogP contribution in [0.3, 0.4) is 0 Å². The highest BCUT2D eigenvalue weighted by molar-refractivity contribution is 8.01. The van der Waals surface area contributed by atoms with Gasteiger partial charge in [0.1, 0.15) is 10.1 Å². The highest BCUT2D eigenvalue weighted by atomic mass is 32.2. The van der Waals surface area contributed by atoms with Crippen LogP contribution in [-0.2, 0) is 19.4 Å². The van der Waals surface area contributed by atoms with E-state index < -0.39 is 37.9 Å². The topological polar surface area (TPSA) is 135 Å². The number of para-hydroxylation sites is 1. The van der Waals surface area contributed by atoms with Crippen molar-refractivity contribution in [3.05, 3.63) is 30.3 Å². The van der Waals surface area contributed by atoms with Gasteiger partial charge in [0.25, 0.3) is 0 Å². The molecule has 0 radical (unpaired) electrons. The Hall–Kier alpha value is -2.47. The molecule has 27 heavy (non-hydrogen) atoms. The maximum atomic E-state index is 12.9. The zero-order valence-corrected chi connectivity index (χ0v) is 15.7. The van der Waals surface area contributed by atoms with Gasteiger partial charge in [-0.1, -0.05) is 30.0 Å². The minimum atomic E-state index is -3.86. The molecule has 1 N–H and O–H groups in total. The number of thioether (sulfide) groups is 1. The normalized spacial score (nSPS) is 28.6. The lowest BCUT2D eigenvalue weighted by Crippen LogP contribution is -2.57. The maximum Gasteiger partial charge on any atom is 0.328 e. The Labute approximate surface area is 158 Å². The van der Waals surface area contributed by atoms with E-state index in [-0.39, 0.29) is 12.2 Å². The van der Waals surface area contributed by atoms with Gasteiger partial charge in [-0.2, -0.15) is 4.68 Å². The Morgan fingerprint density at radius 2 is 2.07 bits per heavy atom. The van der Waals surface area contributed by atoms with E-state index in [9.17, 15) is 23.1 Å². The first-order valence-electron chi connectivity index (χ1n) is 8.01. The van der Waals surface area contributed by atoms with Gasteiger partial charge in [0.15, 0.2) is 15.9 Å². The Balaban J connectivity index is 1.65. The molecule has 1 aromatic heterocycles. The number of carboxylic acids is 1. The Kier molecular flexibility index (Phi) is 4.00. The summed E-state index contributed by atoms with van der Waals surface area (Å²) in [6, 6.07) is 7.61. The van der Waals surface area contributed by atoms with Gasteiger partial charge in [-0.05, 0) is 29.5 Å². The third-order valence-corrected chi connectivity index (χ3v) is 9.19. The molecule has 0 bridgehead atoms. The number of amides is 1. The summed E-state index contributed by atoms with van der Waals surface area (Å²) in [5.74, 6) is -1.89. The summed E-state index contributed by atoms with van der Waals surface area (Å²) >= 11 is 1.05. The fraction of sp³-hybridized carbons (Fsp3) is 0.400. The number of aliphatic carboxylic acids is 1. The third kappa shape index (κ3) is 2.46. The Bertz CT molecular complexity index is 1020. The highest BCUT2D eigenvalue weighted by Crippen LogP contribution is 2.47. The number of rotatable bonds is 5. The molecule has 0 unspecified atom stereocenters. The van der Waals surface area contributed by atoms with Crippen LogP contribution in [0.2, 0.25) is 0 Å². The number of carbonyl (C=O) groups excluding carboxylic acids is 1. The molecule has 2 aliphatic heterocycles. The van der Waals surface area contributed by atoms with E-state index in [2.05, 4.69) is 15.5 Å². The van der Waals surface area contributed by atoms with E-state index in [0.29, 0.717) is 10.8 Å². The summed E-state index contributed by atoms with van der Waals surface area (Å²) in [6.07, 6.45) is -0.172. The highest BCUT2D eigenvalue weighted by Gasteiger charge is 2.69. The number of fused-ring (bicyclic) bond motifs is 1. The van der Waals surface area contributed by atoms with Crippen LogP contribution in [-0.4, -0.2) is 72.4 Å². The number of sulfone groups is 1. The number of carbonyl (C=O) groups is 2. The Morgan fingerprint density at radius 1 is 1.37 bits per heavy atom. The average Bonchev–Trinajstić information content (AvgIpc) is 3.15. The minimum absolute atomic E-state index is 0.0974. The number of aromatic nitrogens is 4. The van der Waals surface area contributed by atoms with E-state index in [1.807, 2.05) is 18.2 Å². The van der Waals surface area contributed by atoms with Gasteiger partial charge in [-0.15, -0.1) is 5.10 Å². The summed E-state index contributed by atoms with van der Waals surface area (Å²) in [6.45, 7) is 1.37. The number of nitrogens with zero attached hydrogens (tertiary/aromatic N) is 5. The molecule has 0 aliphatic carbocycles. The van der Waals surface area contributed by atoms with E-state index in [1.54, 1.807) is 12.1 Å². The molecule has 0 spiro atoms. The number of benzene rings is 1. The Morgan fingerprint density at radius 3 is 2.70 bits per heavy atom. The number of hydrogen-bond donors (Lipinski definition) is 1. The summed E-state index contributed by atoms with van der Waals surface area (Å²) in [7, 11) is -3.86. The van der Waals surface area contributed by atoms with Gasteiger partial charge >= 0.3 is 5.97 Å². The van der Waals surface area contributed by atoms with Crippen LogP contribution in [0.1, 0.15) is 13.3 Å². The molecule has 2 aromatic rings. The lowest BCUT2D eigenvalue weighted by Gasteiger charge is -2.35. The average molecular weight is 409 g/mol. The summed E-state index contributed by atoms with van der Waals surface area (Å²) in [5, 5.41) is 20.3. The monoisotopic (exact) mass is 409 g/mol. The van der Waals surface area contributed by atoms with E-state index in [0.717, 1.165) is 16.7 Å². The first-order chi connectivity index (χ1) is 12.8. The van der Waals surface area contributed by atoms with Crippen LogP contribution in [0.4, 0.5) is 0 Å². The molecule has 12 heteroatoms. The van der Waals surface area contributed by atoms with Crippen LogP contribution < -0.4 is 0 Å². The SMILES string of the molecule is C[C@]1(CSc2nnnn2-c2ccccc2)[C@H](C(=O)O)N2C(=O)C[C@@H]2S1(=O)=O. The van der Waals surface area contributed by atoms with Gasteiger partial charge in [-0.3, -0.25) is 4.79 Å². The van der Waals surface area contributed by atoms with Crippen molar-refractivity contribution < 1.29 is 23.1 Å². The second-order valence-electron chi connectivity index (χ2n) is 6.56. The lowest BCUT2D eigenvalue weighted by atomic mass is 9.98. The largest absolute Gasteiger partial charge is 0.480 e. The quantitative estimate of drug-likeness (QED) is 0.532. The number of carboxylic acid groups (broad SMARTS) is 1. The molecular weight excluding hydrogens is 394 g/mol. The summed E-state index contributed by atoms with van der Waals surface area (Å²) in [5.41, 5.74) is 0.693. The van der Waals surface area contributed by atoms with Crippen molar-refractivity contribution in [2.75, 3.05) is 5.75 Å². The van der Waals surface area contributed by atoms with Crippen molar-refractivity contribution in [1.82, 2.24) is 25.1 Å². The lowest BCUT2D eigenvalue weighted by molar-refractivity contribution is -0.157. The maximum absolute atomic E-state index is 12.9. The summed E-state index contributed by atoms with van der Waals surface area (Å²) in [4.78, 5) is 24.6. The zero-order chi connectivity index (χ0) is 19.4. The van der Waals surface area contributed by atoms with Gasteiger partial charge in [0.05, 0.1) is 12.1 Å². The number of tetrazole rings is 1. The van der Waals surface area contributed by atoms with Crippen molar-refractivity contribution in [2.45, 2.75) is 34.7 Å². The van der Waals surface area contributed by atoms with Gasteiger partial charge in [-0.25, -0.2) is 13.2 Å². The molecule has 0 saturated carbocycles. The molecular formula is C15H15N5O5S2. The minimum Gasteiger partial charge on any atom is -0.480 e. The molecule has 3 heterocycles. The van der Waals surface area contributed by atoms with Crippen molar-refractivity contribution in [3.8, 4) is 5.69 Å². The predicted octanol–water partition coefficient (Wildman–Crippen LogP) is -0.0469. The van der Waals surface area contributed by atoms with Crippen molar-refractivity contribution >= 4 is 33.5 Å². The third-order valence-electron chi connectivity index (χ3n) is 4.98. The molecule has 2 aliphatic rings. The molecule has 1 aromatic carbocycles. The van der Waals surface area contributed by atoms with Crippen LogP contribution in [0.15, 0.2) is 35.5 Å². The molecule has 142 valence electrons. The van der Waals surface area contributed by atoms with Crippen molar-refractivity contribution in [1.29, 1.82) is 0 Å². The zero-order valence-electron chi connectivity index (χ0n) is 14.1. The fourth-order valence-electron chi connectivity index (χ4n) is 3.48. The molecule has 10 nitrogen and oxygen atoms in total. The van der Waals surface area contributed by atoms with Crippen LogP contribution in [0, 0.1) is 0 Å². The smallest absolute Gasteiger partial charge is 0.328 e. The van der Waals surface area contributed by atoms with Crippen LogP contribution in [0.25, 0.3) is 5.69 Å². The first kappa shape index (κ1) is 17.9. The molecule has 2 saturated heterocycles. The molecule has 2 fully saturated rings. The van der Waals surface area contributed by atoms with Gasteiger partial charge in [0.2, 0.25) is 11.1 Å². The van der Waals surface area contributed by atoms with Gasteiger partial charge in [0, 0.05) is 5.75 Å². The fourth-order valence-corrected chi connectivity index (χ4v) is 7.29. The van der Waals surface area contributed by atoms with Crippen LogP contribution in [0.5, 0.6) is 0 Å². The molecule has 1 amide bonds. The first-order valence-corrected chi connectivity index (χ1v) is 10.5. The van der Waals surface area contributed by atoms with E-state index in [4.69, 9.17) is 0 Å². The second kappa shape index (κ2) is 6.02. The van der Waals surface area contributed by atoms with Crippen molar-refractivity contribution in [3.63, 3.8) is 0 Å². The summed E-state index contributed by atoms with van der Waals surface area (Å²) < 4.78 is 25.6. The molecule has 3 atom stereocenters. The number of β-lactam (4-membered cyclic amide) rings is 1. The second-order valence-corrected chi connectivity index (χ2v) is 10.1. The van der Waals surface area contributed by atoms with E-state index in [1.165, 1.54) is 11.6 Å².